The van der Waals surface area contributed by atoms with E-state index < -0.39 is 0 Å². The summed E-state index contributed by atoms with van der Waals surface area (Å²) >= 11 is 0. The van der Waals surface area contributed by atoms with Crippen LogP contribution in [-0.2, 0) is 0 Å². The van der Waals surface area contributed by atoms with Crippen molar-refractivity contribution in [3.63, 3.8) is 0 Å². The number of benzene rings is 2. The maximum absolute atomic E-state index is 13.7. The third-order valence-electron chi connectivity index (χ3n) is 7.30. The maximum Gasteiger partial charge on any atom is 0.284 e. The van der Waals surface area contributed by atoms with Crippen LogP contribution in [0.25, 0.3) is 33.5 Å². The molecule has 0 aliphatic carbocycles. The van der Waals surface area contributed by atoms with E-state index in [0.717, 1.165) is 36.1 Å². The lowest BCUT2D eigenvalue weighted by Gasteiger charge is -2.22. The second kappa shape index (κ2) is 9.14. The molecule has 0 radical (unpaired) electrons. The molecule has 1 aliphatic rings. The Morgan fingerprint density at radius 1 is 0.923 bits per heavy atom. The number of anilines is 3. The van der Waals surface area contributed by atoms with Crippen LogP contribution in [0.15, 0.2) is 78.0 Å². The molecule has 194 valence electrons. The summed E-state index contributed by atoms with van der Waals surface area (Å²) in [4.78, 5) is 40.9. The number of para-hydroxylation sites is 1. The van der Waals surface area contributed by atoms with Crippen molar-refractivity contribution in [2.45, 2.75) is 12.5 Å². The molecule has 0 bridgehead atoms. The number of aromatic nitrogens is 7. The Kier molecular flexibility index (Phi) is 5.44. The molecule has 11 heteroatoms. The van der Waals surface area contributed by atoms with Crippen LogP contribution in [-0.4, -0.2) is 72.2 Å². The molecule has 0 unspecified atom stereocenters. The number of likely N-dealkylation sites (N-methyl/N-ethyl adjacent to an activating group) is 1. The van der Waals surface area contributed by atoms with Gasteiger partial charge < -0.3 is 15.1 Å². The van der Waals surface area contributed by atoms with Gasteiger partial charge in [-0.2, -0.15) is 9.50 Å². The van der Waals surface area contributed by atoms with Crippen molar-refractivity contribution in [2.24, 2.45) is 0 Å². The third kappa shape index (κ3) is 3.94. The molecular formula is C28H26N10O. The molecule has 7 rings (SSSR count). The van der Waals surface area contributed by atoms with Crippen LogP contribution in [0.3, 0.4) is 0 Å². The van der Waals surface area contributed by atoms with Gasteiger partial charge in [-0.05, 0) is 63.0 Å². The van der Waals surface area contributed by atoms with Crippen molar-refractivity contribution < 1.29 is 0 Å². The third-order valence-corrected chi connectivity index (χ3v) is 7.30. The van der Waals surface area contributed by atoms with E-state index in [-0.39, 0.29) is 5.56 Å². The predicted molar refractivity (Wildman–Crippen MR) is 151 cm³/mol. The van der Waals surface area contributed by atoms with E-state index in [2.05, 4.69) is 61.3 Å². The average Bonchev–Trinajstić information content (AvgIpc) is 3.58. The molecule has 1 aliphatic heterocycles. The first-order chi connectivity index (χ1) is 19.1. The molecule has 6 aromatic rings. The molecule has 0 spiro atoms. The zero-order valence-electron chi connectivity index (χ0n) is 21.6. The van der Waals surface area contributed by atoms with E-state index in [1.807, 2.05) is 36.4 Å². The number of nitrogens with one attached hydrogen (secondary N) is 1. The minimum Gasteiger partial charge on any atom is -0.370 e. The lowest BCUT2D eigenvalue weighted by atomic mass is 10.2. The number of nitrogens with zero attached hydrogens (tertiary/aromatic N) is 9. The van der Waals surface area contributed by atoms with E-state index in [1.165, 1.54) is 16.4 Å². The van der Waals surface area contributed by atoms with E-state index in [0.29, 0.717) is 34.6 Å². The van der Waals surface area contributed by atoms with Gasteiger partial charge in [-0.15, -0.1) is 0 Å². The lowest BCUT2D eigenvalue weighted by molar-refractivity contribution is 0.315. The second-order valence-corrected chi connectivity index (χ2v) is 9.89. The molecule has 4 aromatic heterocycles. The molecule has 0 saturated carbocycles. The van der Waals surface area contributed by atoms with Gasteiger partial charge in [-0.25, -0.2) is 24.6 Å². The van der Waals surface area contributed by atoms with Gasteiger partial charge in [0, 0.05) is 54.5 Å². The summed E-state index contributed by atoms with van der Waals surface area (Å²) in [6.07, 6.45) is 5.96. The Bertz CT molecular complexity index is 1880. The molecule has 1 fully saturated rings. The first kappa shape index (κ1) is 23.2. The van der Waals surface area contributed by atoms with Crippen molar-refractivity contribution in [1.29, 1.82) is 0 Å². The molecule has 1 N–H and O–H groups in total. The quantitative estimate of drug-likeness (QED) is 0.368. The fraction of sp³-hybridized carbons (Fsp3) is 0.214. The Balaban J connectivity index is 1.25. The number of hydrogen-bond acceptors (Lipinski definition) is 9. The van der Waals surface area contributed by atoms with Gasteiger partial charge in [-0.3, -0.25) is 4.79 Å². The highest BCUT2D eigenvalue weighted by atomic mass is 16.1. The van der Waals surface area contributed by atoms with E-state index in [9.17, 15) is 4.79 Å². The molecule has 11 nitrogen and oxygen atoms in total. The monoisotopic (exact) mass is 518 g/mol. The number of fused-ring (bicyclic) bond motifs is 4. The van der Waals surface area contributed by atoms with Crippen molar-refractivity contribution in [3.05, 3.63) is 83.5 Å². The Hall–Kier alpha value is -4.90. The molecule has 1 atom stereocenters. The van der Waals surface area contributed by atoms with Crippen LogP contribution < -0.4 is 15.8 Å². The minimum atomic E-state index is -0.295. The first-order valence-corrected chi connectivity index (χ1v) is 12.8. The average molecular weight is 519 g/mol. The van der Waals surface area contributed by atoms with E-state index in [1.54, 1.807) is 23.1 Å². The second-order valence-electron chi connectivity index (χ2n) is 9.89. The summed E-state index contributed by atoms with van der Waals surface area (Å²) in [5.74, 6) is 0.747. The summed E-state index contributed by atoms with van der Waals surface area (Å²) < 4.78 is 3.16. The molecule has 2 aromatic carbocycles. The predicted octanol–water partition coefficient (Wildman–Crippen LogP) is 3.26. The highest BCUT2D eigenvalue weighted by molar-refractivity contribution is 5.95. The lowest BCUT2D eigenvalue weighted by Crippen LogP contribution is -2.31. The zero-order valence-corrected chi connectivity index (χ0v) is 21.6. The van der Waals surface area contributed by atoms with Crippen LogP contribution >= 0.6 is 0 Å². The minimum absolute atomic E-state index is 0.295. The standard InChI is InChI=1S/C28H26N10O/c1-35(2)20-12-15-36(17-20)19-10-8-18(9-11-19)32-27-31-16-22-24(34-27)33-25-21-6-3-4-7-23(21)37(38(25)26(22)39)28-29-13-5-14-30-28/h3-11,13-14,16,20H,12,15,17H2,1-2H3,(H,31,32,34)/t20-/m1/s1. The summed E-state index contributed by atoms with van der Waals surface area (Å²) in [6, 6.07) is 18.2. The van der Waals surface area contributed by atoms with E-state index >= 15 is 0 Å². The Labute approximate surface area is 223 Å². The fourth-order valence-electron chi connectivity index (χ4n) is 5.22. The molecule has 5 heterocycles. The SMILES string of the molecule is CN(C)[C@@H]1CCN(c2ccc(Nc3ncc4c(=O)n5c(nc4n3)c3ccccc3n5-c3ncccn3)cc2)C1. The van der Waals surface area contributed by atoms with Gasteiger partial charge in [0.15, 0.2) is 11.3 Å². The smallest absolute Gasteiger partial charge is 0.284 e. The van der Waals surface area contributed by atoms with Gasteiger partial charge in [-0.1, -0.05) is 12.1 Å². The van der Waals surface area contributed by atoms with Gasteiger partial charge in [0.1, 0.15) is 5.39 Å². The Morgan fingerprint density at radius 2 is 1.72 bits per heavy atom. The zero-order chi connectivity index (χ0) is 26.5. The number of hydrogen-bond donors (Lipinski definition) is 1. The van der Waals surface area contributed by atoms with Crippen LogP contribution in [0.4, 0.5) is 17.3 Å². The summed E-state index contributed by atoms with van der Waals surface area (Å²) in [5.41, 5.74) is 3.32. The van der Waals surface area contributed by atoms with Crippen LogP contribution in [0.5, 0.6) is 0 Å². The van der Waals surface area contributed by atoms with Crippen molar-refractivity contribution in [1.82, 2.24) is 39.0 Å². The van der Waals surface area contributed by atoms with Gasteiger partial charge in [0.2, 0.25) is 11.9 Å². The largest absolute Gasteiger partial charge is 0.370 e. The van der Waals surface area contributed by atoms with Crippen LogP contribution in [0, 0.1) is 0 Å². The Morgan fingerprint density at radius 3 is 2.49 bits per heavy atom. The van der Waals surface area contributed by atoms with Gasteiger partial charge >= 0.3 is 0 Å². The van der Waals surface area contributed by atoms with Crippen molar-refractivity contribution >= 4 is 44.9 Å². The molecule has 1 saturated heterocycles. The normalized spacial score (nSPS) is 15.7. The maximum atomic E-state index is 13.7. The van der Waals surface area contributed by atoms with Crippen LogP contribution in [0.2, 0.25) is 0 Å². The molecule has 0 amide bonds. The summed E-state index contributed by atoms with van der Waals surface area (Å²) in [7, 11) is 4.27. The highest BCUT2D eigenvalue weighted by Crippen LogP contribution is 2.26. The number of rotatable bonds is 5. The fourth-order valence-corrected chi connectivity index (χ4v) is 5.22. The summed E-state index contributed by atoms with van der Waals surface area (Å²) in [5, 5.41) is 4.35. The summed E-state index contributed by atoms with van der Waals surface area (Å²) in [6.45, 7) is 2.07. The molecular weight excluding hydrogens is 492 g/mol. The van der Waals surface area contributed by atoms with Gasteiger partial charge in [0.25, 0.3) is 5.56 Å². The highest BCUT2D eigenvalue weighted by Gasteiger charge is 2.24. The van der Waals surface area contributed by atoms with E-state index in [4.69, 9.17) is 4.98 Å². The van der Waals surface area contributed by atoms with Gasteiger partial charge in [0.05, 0.1) is 5.52 Å². The van der Waals surface area contributed by atoms with Crippen molar-refractivity contribution in [2.75, 3.05) is 37.4 Å². The van der Waals surface area contributed by atoms with Crippen LogP contribution in [0.1, 0.15) is 6.42 Å². The topological polar surface area (TPSA) is 109 Å². The first-order valence-electron chi connectivity index (χ1n) is 12.8. The molecule has 39 heavy (non-hydrogen) atoms. The van der Waals surface area contributed by atoms with Crippen molar-refractivity contribution in [3.8, 4) is 5.95 Å².